The minimum absolute atomic E-state index is 0.121. The van der Waals surface area contributed by atoms with Crippen LogP contribution >= 0.6 is 0 Å². The van der Waals surface area contributed by atoms with Gasteiger partial charge in [-0.15, -0.1) is 0 Å². The summed E-state index contributed by atoms with van der Waals surface area (Å²) < 4.78 is 5.13. The van der Waals surface area contributed by atoms with Crippen molar-refractivity contribution in [3.8, 4) is 0 Å². The van der Waals surface area contributed by atoms with E-state index in [1.54, 1.807) is 0 Å². The van der Waals surface area contributed by atoms with Crippen molar-refractivity contribution in [1.29, 1.82) is 0 Å². The zero-order valence-corrected chi connectivity index (χ0v) is 13.8. The molecular weight excluding hydrogens is 268 g/mol. The van der Waals surface area contributed by atoms with E-state index in [4.69, 9.17) is 4.74 Å². The lowest BCUT2D eigenvalue weighted by atomic mass is 10.2. The molecule has 0 aliphatic carbocycles. The van der Waals surface area contributed by atoms with Gasteiger partial charge in [-0.1, -0.05) is 19.8 Å². The SMILES string of the molecule is [CH2]CCCCC(=O)NCCCCCNC(=O)OC(C)(C)C. The first kappa shape index (κ1) is 19.7. The van der Waals surface area contributed by atoms with Crippen molar-refractivity contribution in [2.45, 2.75) is 71.3 Å². The van der Waals surface area contributed by atoms with Gasteiger partial charge in [0, 0.05) is 19.5 Å². The maximum Gasteiger partial charge on any atom is 0.407 e. The predicted molar refractivity (Wildman–Crippen MR) is 84.9 cm³/mol. The first-order chi connectivity index (χ1) is 9.85. The Labute approximate surface area is 129 Å². The lowest BCUT2D eigenvalue weighted by Gasteiger charge is -2.19. The summed E-state index contributed by atoms with van der Waals surface area (Å²) in [5.74, 6) is 0.121. The molecule has 5 heteroatoms. The molecule has 0 saturated carbocycles. The monoisotopic (exact) mass is 299 g/mol. The van der Waals surface area contributed by atoms with Gasteiger partial charge in [0.2, 0.25) is 5.91 Å². The molecule has 0 atom stereocenters. The summed E-state index contributed by atoms with van der Waals surface area (Å²) in [4.78, 5) is 22.8. The zero-order chi connectivity index (χ0) is 16.1. The number of alkyl carbamates (subject to hydrolysis) is 1. The van der Waals surface area contributed by atoms with E-state index in [9.17, 15) is 9.59 Å². The second-order valence-electron chi connectivity index (χ2n) is 6.15. The molecule has 2 amide bonds. The third-order valence-corrected chi connectivity index (χ3v) is 2.75. The van der Waals surface area contributed by atoms with Crippen LogP contribution in [0, 0.1) is 6.92 Å². The standard InChI is InChI=1S/C16H31N2O3/c1-5-6-8-11-14(19)17-12-9-7-10-13-18-15(20)21-16(2,3)4/h1,5-13H2,2-4H3,(H,17,19)(H,18,20). The smallest absolute Gasteiger partial charge is 0.407 e. The van der Waals surface area contributed by atoms with Crippen LogP contribution in [-0.2, 0) is 9.53 Å². The van der Waals surface area contributed by atoms with Gasteiger partial charge in [-0.25, -0.2) is 4.79 Å². The van der Waals surface area contributed by atoms with E-state index in [-0.39, 0.29) is 12.0 Å². The Hall–Kier alpha value is -1.26. The third-order valence-electron chi connectivity index (χ3n) is 2.75. The summed E-state index contributed by atoms with van der Waals surface area (Å²) >= 11 is 0. The van der Waals surface area contributed by atoms with Crippen LogP contribution in [0.2, 0.25) is 0 Å². The maximum absolute atomic E-state index is 11.4. The number of carbonyl (C=O) groups is 2. The molecule has 0 aromatic heterocycles. The van der Waals surface area contributed by atoms with Gasteiger partial charge in [-0.2, -0.15) is 0 Å². The Balaban J connectivity index is 3.36. The van der Waals surface area contributed by atoms with Gasteiger partial charge in [-0.05, 0) is 46.5 Å². The van der Waals surface area contributed by atoms with Crippen LogP contribution in [0.25, 0.3) is 0 Å². The fourth-order valence-electron chi connectivity index (χ4n) is 1.71. The molecule has 0 fully saturated rings. The van der Waals surface area contributed by atoms with E-state index < -0.39 is 5.60 Å². The zero-order valence-electron chi connectivity index (χ0n) is 13.8. The van der Waals surface area contributed by atoms with E-state index in [1.165, 1.54) is 0 Å². The van der Waals surface area contributed by atoms with Gasteiger partial charge >= 0.3 is 6.09 Å². The van der Waals surface area contributed by atoms with E-state index >= 15 is 0 Å². The molecule has 0 heterocycles. The summed E-state index contributed by atoms with van der Waals surface area (Å²) in [6, 6.07) is 0. The first-order valence-electron chi connectivity index (χ1n) is 7.88. The fourth-order valence-corrected chi connectivity index (χ4v) is 1.71. The molecule has 0 unspecified atom stereocenters. The Morgan fingerprint density at radius 3 is 2.14 bits per heavy atom. The van der Waals surface area contributed by atoms with E-state index in [1.807, 2.05) is 20.8 Å². The number of carbonyl (C=O) groups excluding carboxylic acids is 2. The Morgan fingerprint density at radius 2 is 1.57 bits per heavy atom. The van der Waals surface area contributed by atoms with Gasteiger partial charge in [-0.3, -0.25) is 4.79 Å². The van der Waals surface area contributed by atoms with Crippen LogP contribution in [0.1, 0.15) is 65.7 Å². The van der Waals surface area contributed by atoms with Crippen molar-refractivity contribution >= 4 is 12.0 Å². The summed E-state index contributed by atoms with van der Waals surface area (Å²) in [5, 5.41) is 5.62. The van der Waals surface area contributed by atoms with E-state index in [0.717, 1.165) is 38.5 Å². The van der Waals surface area contributed by atoms with E-state index in [0.29, 0.717) is 19.5 Å². The highest BCUT2D eigenvalue weighted by molar-refractivity contribution is 5.75. The molecule has 0 spiro atoms. The number of ether oxygens (including phenoxy) is 1. The molecule has 1 radical (unpaired) electrons. The van der Waals surface area contributed by atoms with Crippen LogP contribution in [0.5, 0.6) is 0 Å². The van der Waals surface area contributed by atoms with Crippen molar-refractivity contribution in [3.63, 3.8) is 0 Å². The minimum atomic E-state index is -0.456. The molecule has 123 valence electrons. The summed E-state index contributed by atoms with van der Waals surface area (Å²) in [5.41, 5.74) is -0.456. The molecule has 0 aromatic carbocycles. The lowest BCUT2D eigenvalue weighted by Crippen LogP contribution is -2.33. The molecule has 0 aromatic rings. The Morgan fingerprint density at radius 1 is 0.952 bits per heavy atom. The quantitative estimate of drug-likeness (QED) is 0.609. The second-order valence-corrected chi connectivity index (χ2v) is 6.15. The summed E-state index contributed by atoms with van der Waals surface area (Å²) in [6.07, 6.45) is 5.80. The minimum Gasteiger partial charge on any atom is -0.444 e. The molecule has 0 aliphatic rings. The number of nitrogens with one attached hydrogen (secondary N) is 2. The average molecular weight is 299 g/mol. The highest BCUT2D eigenvalue weighted by Gasteiger charge is 2.15. The molecule has 5 nitrogen and oxygen atoms in total. The van der Waals surface area contributed by atoms with E-state index in [2.05, 4.69) is 17.6 Å². The van der Waals surface area contributed by atoms with Gasteiger partial charge < -0.3 is 15.4 Å². The number of hydrogen-bond acceptors (Lipinski definition) is 3. The van der Waals surface area contributed by atoms with Crippen LogP contribution in [0.4, 0.5) is 4.79 Å². The third kappa shape index (κ3) is 15.0. The lowest BCUT2D eigenvalue weighted by molar-refractivity contribution is -0.121. The molecule has 0 aliphatic heterocycles. The molecule has 0 saturated heterocycles. The highest BCUT2D eigenvalue weighted by Crippen LogP contribution is 2.06. The number of hydrogen-bond donors (Lipinski definition) is 2. The maximum atomic E-state index is 11.4. The fraction of sp³-hybridized carbons (Fsp3) is 0.812. The van der Waals surface area contributed by atoms with Crippen molar-refractivity contribution in [3.05, 3.63) is 6.92 Å². The number of unbranched alkanes of at least 4 members (excludes halogenated alkanes) is 4. The molecule has 0 rings (SSSR count). The normalized spacial score (nSPS) is 11.0. The topological polar surface area (TPSA) is 67.4 Å². The molecular formula is C16H31N2O3. The first-order valence-corrected chi connectivity index (χ1v) is 7.88. The van der Waals surface area contributed by atoms with Crippen molar-refractivity contribution in [1.82, 2.24) is 10.6 Å². The summed E-state index contributed by atoms with van der Waals surface area (Å²) in [6.45, 7) is 10.6. The van der Waals surface area contributed by atoms with Crippen LogP contribution in [-0.4, -0.2) is 30.7 Å². The van der Waals surface area contributed by atoms with Crippen LogP contribution in [0.3, 0.4) is 0 Å². The predicted octanol–water partition coefficient (Wildman–Crippen LogP) is 3.19. The molecule has 0 bridgehead atoms. The summed E-state index contributed by atoms with van der Waals surface area (Å²) in [7, 11) is 0. The van der Waals surface area contributed by atoms with Gasteiger partial charge in [0.25, 0.3) is 0 Å². The van der Waals surface area contributed by atoms with Crippen molar-refractivity contribution in [2.24, 2.45) is 0 Å². The van der Waals surface area contributed by atoms with Gasteiger partial charge in [0.05, 0.1) is 0 Å². The second kappa shape index (κ2) is 11.4. The highest BCUT2D eigenvalue weighted by atomic mass is 16.6. The average Bonchev–Trinajstić information content (AvgIpc) is 2.35. The Bertz CT molecular complexity index is 298. The van der Waals surface area contributed by atoms with Crippen molar-refractivity contribution < 1.29 is 14.3 Å². The number of amides is 2. The van der Waals surface area contributed by atoms with Crippen LogP contribution < -0.4 is 10.6 Å². The van der Waals surface area contributed by atoms with Crippen molar-refractivity contribution in [2.75, 3.05) is 13.1 Å². The Kier molecular flexibility index (Phi) is 10.7. The van der Waals surface area contributed by atoms with Gasteiger partial charge in [0.1, 0.15) is 5.60 Å². The van der Waals surface area contributed by atoms with Crippen LogP contribution in [0.15, 0.2) is 0 Å². The van der Waals surface area contributed by atoms with Gasteiger partial charge in [0.15, 0.2) is 0 Å². The largest absolute Gasteiger partial charge is 0.444 e. The molecule has 21 heavy (non-hydrogen) atoms. The molecule has 2 N–H and O–H groups in total. The number of rotatable bonds is 10.